The number of amides is 1. The Morgan fingerprint density at radius 2 is 2.21 bits per heavy atom. The fraction of sp³-hybridized carbons (Fsp3) is 0.350. The van der Waals surface area contributed by atoms with Gasteiger partial charge in [0.15, 0.2) is 10.6 Å². The van der Waals surface area contributed by atoms with Crippen LogP contribution in [0.15, 0.2) is 41.8 Å². The molecule has 8 heteroatoms. The molecule has 0 radical (unpaired) electrons. The number of benzene rings is 1. The molecule has 2 aromatic heterocycles. The number of H-pyrrole nitrogens is 1. The molecule has 146 valence electrons. The molecule has 3 heterocycles. The third-order valence-electron chi connectivity index (χ3n) is 5.21. The van der Waals surface area contributed by atoms with Crippen molar-refractivity contribution in [3.8, 4) is 10.7 Å². The van der Waals surface area contributed by atoms with E-state index in [2.05, 4.69) is 51.6 Å². The van der Waals surface area contributed by atoms with Gasteiger partial charge in [0, 0.05) is 24.8 Å². The zero-order valence-corrected chi connectivity index (χ0v) is 17.5. The number of nitrogens with one attached hydrogen (secondary N) is 2. The molecular formula is C20H23N5OS2. The summed E-state index contributed by atoms with van der Waals surface area (Å²) in [6.45, 7) is 5.45. The summed E-state index contributed by atoms with van der Waals surface area (Å²) in [5, 5.41) is 12.2. The lowest BCUT2D eigenvalue weighted by Gasteiger charge is -2.25. The first kappa shape index (κ1) is 18.9. The molecule has 0 saturated heterocycles. The van der Waals surface area contributed by atoms with Crippen LogP contribution in [-0.2, 0) is 11.2 Å². The number of hydrogen-bond acceptors (Lipinski definition) is 5. The first-order chi connectivity index (χ1) is 13.6. The quantitative estimate of drug-likeness (QED) is 0.604. The van der Waals surface area contributed by atoms with Gasteiger partial charge in [-0.05, 0) is 55.6 Å². The Morgan fingerprint density at radius 3 is 3.00 bits per heavy atom. The van der Waals surface area contributed by atoms with Gasteiger partial charge in [0.25, 0.3) is 0 Å². The van der Waals surface area contributed by atoms with E-state index < -0.39 is 6.04 Å². The average Bonchev–Trinajstić information content (AvgIpc) is 3.40. The molecule has 1 aromatic carbocycles. The van der Waals surface area contributed by atoms with Gasteiger partial charge >= 0.3 is 0 Å². The van der Waals surface area contributed by atoms with E-state index in [9.17, 15) is 4.79 Å². The number of anilines is 1. The molecule has 3 aromatic rings. The second kappa shape index (κ2) is 7.89. The number of nitrogens with zero attached hydrogens (tertiary/aromatic N) is 3. The van der Waals surface area contributed by atoms with Gasteiger partial charge in [-0.15, -0.1) is 11.3 Å². The third-order valence-corrected chi connectivity index (χ3v) is 6.37. The Kier molecular flexibility index (Phi) is 5.32. The normalized spacial score (nSPS) is 16.8. The van der Waals surface area contributed by atoms with Crippen molar-refractivity contribution in [2.45, 2.75) is 32.4 Å². The van der Waals surface area contributed by atoms with Crippen molar-refractivity contribution in [2.75, 3.05) is 18.0 Å². The first-order valence-corrected chi connectivity index (χ1v) is 10.7. The van der Waals surface area contributed by atoms with Crippen LogP contribution in [0.5, 0.6) is 0 Å². The summed E-state index contributed by atoms with van der Waals surface area (Å²) < 4.78 is 2.23. The fourth-order valence-electron chi connectivity index (χ4n) is 3.78. The largest absolute Gasteiger partial charge is 0.367 e. The van der Waals surface area contributed by atoms with E-state index in [-0.39, 0.29) is 5.91 Å². The van der Waals surface area contributed by atoms with Crippen LogP contribution >= 0.6 is 23.6 Å². The summed E-state index contributed by atoms with van der Waals surface area (Å²) >= 11 is 6.94. The van der Waals surface area contributed by atoms with Gasteiger partial charge in [-0.3, -0.25) is 14.5 Å². The molecular weight excluding hydrogens is 390 g/mol. The number of aromatic nitrogens is 3. The third kappa shape index (κ3) is 3.49. The summed E-state index contributed by atoms with van der Waals surface area (Å²) in [4.78, 5) is 16.1. The van der Waals surface area contributed by atoms with Gasteiger partial charge in [0.1, 0.15) is 6.04 Å². The zero-order chi connectivity index (χ0) is 19.7. The van der Waals surface area contributed by atoms with Gasteiger partial charge < -0.3 is 10.2 Å². The number of carbonyl (C=O) groups is 1. The topological polar surface area (TPSA) is 66.0 Å². The minimum absolute atomic E-state index is 0.0598. The molecule has 0 aliphatic carbocycles. The lowest BCUT2D eigenvalue weighted by Crippen LogP contribution is -2.40. The van der Waals surface area contributed by atoms with Crippen LogP contribution in [0.3, 0.4) is 0 Å². The molecule has 1 aliphatic heterocycles. The minimum atomic E-state index is -0.438. The molecule has 1 aliphatic rings. The Balaban J connectivity index is 1.41. The van der Waals surface area contributed by atoms with Gasteiger partial charge in [-0.2, -0.15) is 5.10 Å². The van der Waals surface area contributed by atoms with Gasteiger partial charge in [-0.25, -0.2) is 0 Å². The van der Waals surface area contributed by atoms with Crippen molar-refractivity contribution in [1.29, 1.82) is 0 Å². The van der Waals surface area contributed by atoms with Crippen molar-refractivity contribution in [3.05, 3.63) is 52.1 Å². The van der Waals surface area contributed by atoms with E-state index >= 15 is 0 Å². The Hall–Kier alpha value is -2.45. The van der Waals surface area contributed by atoms with Gasteiger partial charge in [0.2, 0.25) is 5.91 Å². The summed E-state index contributed by atoms with van der Waals surface area (Å²) in [5.41, 5.74) is 2.65. The predicted molar refractivity (Wildman–Crippen MR) is 115 cm³/mol. The van der Waals surface area contributed by atoms with E-state index in [0.29, 0.717) is 23.2 Å². The van der Waals surface area contributed by atoms with Crippen LogP contribution in [0, 0.1) is 4.77 Å². The standard InChI is InChI=1S/C20H23N5OS2/c1-13-12-15-6-3-4-7-16(15)24(13)10-9-21-19(26)14(2)25-18(22-23-20(25)27)17-8-5-11-28-17/h3-8,11,13-14H,9-10,12H2,1-2H3,(H,21,26)(H,23,27). The molecule has 28 heavy (non-hydrogen) atoms. The number of para-hydroxylation sites is 1. The molecule has 0 fully saturated rings. The van der Waals surface area contributed by atoms with E-state index in [1.807, 2.05) is 24.4 Å². The number of hydrogen-bond donors (Lipinski definition) is 2. The number of thiophene rings is 1. The minimum Gasteiger partial charge on any atom is -0.367 e. The molecule has 4 rings (SSSR count). The second-order valence-corrected chi connectivity index (χ2v) is 8.38. The zero-order valence-electron chi connectivity index (χ0n) is 15.9. The number of fused-ring (bicyclic) bond motifs is 1. The lowest BCUT2D eigenvalue weighted by atomic mass is 10.1. The Labute approximate surface area is 173 Å². The van der Waals surface area contributed by atoms with Crippen molar-refractivity contribution in [1.82, 2.24) is 20.1 Å². The second-order valence-electron chi connectivity index (χ2n) is 7.04. The molecule has 2 atom stereocenters. The Morgan fingerprint density at radius 1 is 1.39 bits per heavy atom. The average molecular weight is 414 g/mol. The number of carbonyl (C=O) groups excluding carboxylic acids is 1. The summed E-state index contributed by atoms with van der Waals surface area (Å²) in [6, 6.07) is 12.4. The van der Waals surface area contributed by atoms with Crippen LogP contribution in [0.2, 0.25) is 0 Å². The van der Waals surface area contributed by atoms with Crippen LogP contribution in [0.25, 0.3) is 10.7 Å². The highest BCUT2D eigenvalue weighted by atomic mass is 32.1. The highest BCUT2D eigenvalue weighted by Gasteiger charge is 2.26. The fourth-order valence-corrected chi connectivity index (χ4v) is 4.78. The molecule has 2 unspecified atom stereocenters. The smallest absolute Gasteiger partial charge is 0.243 e. The van der Waals surface area contributed by atoms with Crippen molar-refractivity contribution in [2.24, 2.45) is 0 Å². The molecule has 1 amide bonds. The number of rotatable bonds is 6. The van der Waals surface area contributed by atoms with Crippen molar-refractivity contribution < 1.29 is 4.79 Å². The maximum atomic E-state index is 12.8. The predicted octanol–water partition coefficient (Wildman–Crippen LogP) is 3.80. The Bertz CT molecular complexity index is 1020. The van der Waals surface area contributed by atoms with Crippen molar-refractivity contribution >= 4 is 35.1 Å². The van der Waals surface area contributed by atoms with Crippen LogP contribution in [0.1, 0.15) is 25.5 Å². The van der Waals surface area contributed by atoms with Gasteiger partial charge in [0.05, 0.1) is 4.88 Å². The van der Waals surface area contributed by atoms with Crippen LogP contribution in [-0.4, -0.2) is 39.8 Å². The first-order valence-electron chi connectivity index (χ1n) is 9.39. The van der Waals surface area contributed by atoms with Gasteiger partial charge in [-0.1, -0.05) is 24.3 Å². The lowest BCUT2D eigenvalue weighted by molar-refractivity contribution is -0.123. The van der Waals surface area contributed by atoms with Crippen LogP contribution < -0.4 is 10.2 Å². The maximum absolute atomic E-state index is 12.8. The molecule has 0 saturated carbocycles. The highest BCUT2D eigenvalue weighted by Crippen LogP contribution is 2.31. The summed E-state index contributed by atoms with van der Waals surface area (Å²) in [6.07, 6.45) is 1.05. The molecule has 0 spiro atoms. The van der Waals surface area contributed by atoms with E-state index in [4.69, 9.17) is 12.2 Å². The monoisotopic (exact) mass is 413 g/mol. The highest BCUT2D eigenvalue weighted by molar-refractivity contribution is 7.71. The van der Waals surface area contributed by atoms with Crippen LogP contribution in [0.4, 0.5) is 5.69 Å². The van der Waals surface area contributed by atoms with Crippen molar-refractivity contribution in [3.63, 3.8) is 0 Å². The molecule has 6 nitrogen and oxygen atoms in total. The maximum Gasteiger partial charge on any atom is 0.243 e. The van der Waals surface area contributed by atoms with E-state index in [1.54, 1.807) is 15.9 Å². The number of aromatic amines is 1. The van der Waals surface area contributed by atoms with E-state index in [0.717, 1.165) is 17.8 Å². The summed E-state index contributed by atoms with van der Waals surface area (Å²) in [5.74, 6) is 0.639. The van der Waals surface area contributed by atoms with E-state index in [1.165, 1.54) is 11.3 Å². The summed E-state index contributed by atoms with van der Waals surface area (Å²) in [7, 11) is 0. The molecule has 2 N–H and O–H groups in total. The molecule has 0 bridgehead atoms. The SMILES string of the molecule is CC1Cc2ccccc2N1CCNC(=O)C(C)n1c(-c2cccs2)n[nH]c1=S.